The van der Waals surface area contributed by atoms with Gasteiger partial charge in [-0.05, 0) is 31.2 Å². The lowest BCUT2D eigenvalue weighted by Crippen LogP contribution is -2.14. The van der Waals surface area contributed by atoms with Gasteiger partial charge < -0.3 is 19.5 Å². The van der Waals surface area contributed by atoms with Crippen LogP contribution in [-0.2, 0) is 4.79 Å². The van der Waals surface area contributed by atoms with E-state index >= 15 is 0 Å². The van der Waals surface area contributed by atoms with E-state index in [9.17, 15) is 4.79 Å². The van der Waals surface area contributed by atoms with Crippen LogP contribution in [0.2, 0.25) is 0 Å². The Balaban J connectivity index is 1.58. The summed E-state index contributed by atoms with van der Waals surface area (Å²) in [5, 5.41) is 12.3. The van der Waals surface area contributed by atoms with Crippen LogP contribution in [0.5, 0.6) is 17.2 Å². The van der Waals surface area contributed by atoms with E-state index in [0.29, 0.717) is 28.2 Å². The van der Waals surface area contributed by atoms with E-state index in [-0.39, 0.29) is 11.7 Å². The van der Waals surface area contributed by atoms with Crippen molar-refractivity contribution in [1.29, 1.82) is 0 Å². The Labute approximate surface area is 208 Å². The number of hydrogen-bond acceptors (Lipinski definition) is 7. The van der Waals surface area contributed by atoms with Crippen molar-refractivity contribution in [2.45, 2.75) is 12.1 Å². The van der Waals surface area contributed by atoms with Crippen molar-refractivity contribution in [2.75, 3.05) is 32.4 Å². The normalized spacial score (nSPS) is 10.6. The standard InChI is InChI=1S/C26H26N4O4S/c1-17-5-7-18(8-6-17)25-28-29-26(30(25)20-9-11-21(32-2)12-10-20)35-16-24(31)27-19-13-22(33-3)15-23(14-19)34-4/h5-15H,16H2,1-4H3,(H,27,31). The molecule has 0 saturated heterocycles. The second-order valence-corrected chi connectivity index (χ2v) is 8.59. The first kappa shape index (κ1) is 24.2. The molecule has 1 heterocycles. The molecule has 1 aromatic heterocycles. The summed E-state index contributed by atoms with van der Waals surface area (Å²) in [7, 11) is 4.75. The maximum Gasteiger partial charge on any atom is 0.234 e. The van der Waals surface area contributed by atoms with Crippen LogP contribution < -0.4 is 19.5 Å². The number of rotatable bonds is 9. The molecule has 4 aromatic rings. The van der Waals surface area contributed by atoms with Gasteiger partial charge in [0, 0.05) is 35.1 Å². The van der Waals surface area contributed by atoms with Crippen molar-refractivity contribution in [3.8, 4) is 34.3 Å². The average Bonchev–Trinajstić information content (AvgIpc) is 3.31. The maximum atomic E-state index is 12.7. The van der Waals surface area contributed by atoms with E-state index in [1.54, 1.807) is 39.5 Å². The number of carbonyl (C=O) groups is 1. The van der Waals surface area contributed by atoms with Gasteiger partial charge in [-0.3, -0.25) is 9.36 Å². The number of amides is 1. The highest BCUT2D eigenvalue weighted by Crippen LogP contribution is 2.30. The predicted octanol–water partition coefficient (Wildman–Crippen LogP) is 5.00. The smallest absolute Gasteiger partial charge is 0.234 e. The SMILES string of the molecule is COc1ccc(-n2c(SCC(=O)Nc3cc(OC)cc(OC)c3)nnc2-c2ccc(C)cc2)cc1. The Kier molecular flexibility index (Phi) is 7.57. The van der Waals surface area contributed by atoms with Crippen LogP contribution in [0.4, 0.5) is 5.69 Å². The van der Waals surface area contributed by atoms with Gasteiger partial charge in [-0.2, -0.15) is 0 Å². The molecule has 0 unspecified atom stereocenters. The van der Waals surface area contributed by atoms with E-state index in [0.717, 1.165) is 22.6 Å². The van der Waals surface area contributed by atoms with E-state index in [1.165, 1.54) is 11.8 Å². The molecule has 3 aromatic carbocycles. The molecule has 0 radical (unpaired) electrons. The predicted molar refractivity (Wildman–Crippen MR) is 137 cm³/mol. The molecule has 9 heteroatoms. The fraction of sp³-hybridized carbons (Fsp3) is 0.192. The summed E-state index contributed by atoms with van der Waals surface area (Å²) in [6, 6.07) is 20.9. The number of methoxy groups -OCH3 is 3. The minimum Gasteiger partial charge on any atom is -0.497 e. The second-order valence-electron chi connectivity index (χ2n) is 7.64. The number of ether oxygens (including phenoxy) is 3. The van der Waals surface area contributed by atoms with Crippen LogP contribution in [0.1, 0.15) is 5.56 Å². The third-order valence-corrected chi connectivity index (χ3v) is 6.17. The number of nitrogens with one attached hydrogen (secondary N) is 1. The molecule has 35 heavy (non-hydrogen) atoms. The Hall–Kier alpha value is -3.98. The Bertz CT molecular complexity index is 1280. The van der Waals surface area contributed by atoms with Crippen molar-refractivity contribution in [3.05, 3.63) is 72.3 Å². The molecular weight excluding hydrogens is 464 g/mol. The number of aryl methyl sites for hydroxylation is 1. The molecule has 0 aliphatic heterocycles. The fourth-order valence-corrected chi connectivity index (χ4v) is 4.18. The summed E-state index contributed by atoms with van der Waals surface area (Å²) in [5.74, 6) is 2.58. The first-order chi connectivity index (χ1) is 17.0. The minimum atomic E-state index is -0.188. The third-order valence-electron chi connectivity index (χ3n) is 5.24. The average molecular weight is 491 g/mol. The molecule has 0 atom stereocenters. The van der Waals surface area contributed by atoms with Gasteiger partial charge in [-0.1, -0.05) is 41.6 Å². The molecular formula is C26H26N4O4S. The summed E-state index contributed by atoms with van der Waals surface area (Å²) in [6.07, 6.45) is 0. The maximum absolute atomic E-state index is 12.7. The van der Waals surface area contributed by atoms with Crippen LogP contribution in [0, 0.1) is 6.92 Å². The van der Waals surface area contributed by atoms with E-state index in [4.69, 9.17) is 14.2 Å². The van der Waals surface area contributed by atoms with Crippen LogP contribution in [0.3, 0.4) is 0 Å². The lowest BCUT2D eigenvalue weighted by Gasteiger charge is -2.12. The zero-order valence-electron chi connectivity index (χ0n) is 19.9. The Morgan fingerprint density at radius 1 is 0.857 bits per heavy atom. The topological polar surface area (TPSA) is 87.5 Å². The molecule has 0 bridgehead atoms. The van der Waals surface area contributed by atoms with E-state index in [2.05, 4.69) is 15.5 Å². The monoisotopic (exact) mass is 490 g/mol. The summed E-state index contributed by atoms with van der Waals surface area (Å²) < 4.78 is 17.8. The number of thioether (sulfide) groups is 1. The van der Waals surface area contributed by atoms with Gasteiger partial charge in [-0.15, -0.1) is 10.2 Å². The first-order valence-corrected chi connectivity index (χ1v) is 11.8. The van der Waals surface area contributed by atoms with Crippen molar-refractivity contribution >= 4 is 23.4 Å². The molecule has 0 fully saturated rings. The lowest BCUT2D eigenvalue weighted by atomic mass is 10.1. The number of aromatic nitrogens is 3. The quantitative estimate of drug-likeness (QED) is 0.330. The number of benzene rings is 3. The third kappa shape index (κ3) is 5.75. The Morgan fingerprint density at radius 3 is 2.09 bits per heavy atom. The molecule has 8 nitrogen and oxygen atoms in total. The second kappa shape index (κ2) is 11.0. The highest BCUT2D eigenvalue weighted by Gasteiger charge is 2.18. The summed E-state index contributed by atoms with van der Waals surface area (Å²) in [6.45, 7) is 2.04. The minimum absolute atomic E-state index is 0.141. The van der Waals surface area contributed by atoms with Gasteiger partial charge in [-0.25, -0.2) is 0 Å². The molecule has 0 spiro atoms. The molecule has 4 rings (SSSR count). The molecule has 0 aliphatic rings. The van der Waals surface area contributed by atoms with Gasteiger partial charge in [0.15, 0.2) is 11.0 Å². The van der Waals surface area contributed by atoms with Gasteiger partial charge in [0.25, 0.3) is 0 Å². The van der Waals surface area contributed by atoms with Gasteiger partial charge >= 0.3 is 0 Å². The zero-order chi connectivity index (χ0) is 24.8. The van der Waals surface area contributed by atoms with Crippen LogP contribution in [0.15, 0.2) is 71.9 Å². The van der Waals surface area contributed by atoms with E-state index < -0.39 is 0 Å². The highest BCUT2D eigenvalue weighted by atomic mass is 32.2. The number of anilines is 1. The van der Waals surface area contributed by atoms with Crippen molar-refractivity contribution in [1.82, 2.24) is 14.8 Å². The van der Waals surface area contributed by atoms with Crippen molar-refractivity contribution in [2.24, 2.45) is 0 Å². The van der Waals surface area contributed by atoms with Crippen LogP contribution >= 0.6 is 11.8 Å². The van der Waals surface area contributed by atoms with Gasteiger partial charge in [0.2, 0.25) is 5.91 Å². The number of carbonyl (C=O) groups excluding carboxylic acids is 1. The number of nitrogens with zero attached hydrogens (tertiary/aromatic N) is 3. The zero-order valence-corrected chi connectivity index (χ0v) is 20.8. The largest absolute Gasteiger partial charge is 0.497 e. The molecule has 180 valence electrons. The Morgan fingerprint density at radius 2 is 1.49 bits per heavy atom. The summed E-state index contributed by atoms with van der Waals surface area (Å²) in [4.78, 5) is 12.7. The summed E-state index contributed by atoms with van der Waals surface area (Å²) in [5.41, 5.74) is 3.54. The van der Waals surface area contributed by atoms with Crippen molar-refractivity contribution in [3.63, 3.8) is 0 Å². The molecule has 0 saturated carbocycles. The van der Waals surface area contributed by atoms with Gasteiger partial charge in [0.05, 0.1) is 27.1 Å². The molecule has 1 amide bonds. The van der Waals surface area contributed by atoms with Crippen molar-refractivity contribution < 1.29 is 19.0 Å². The highest BCUT2D eigenvalue weighted by molar-refractivity contribution is 7.99. The number of hydrogen-bond donors (Lipinski definition) is 1. The molecule has 0 aliphatic carbocycles. The van der Waals surface area contributed by atoms with Crippen LogP contribution in [0.25, 0.3) is 17.1 Å². The van der Waals surface area contributed by atoms with Crippen LogP contribution in [-0.4, -0.2) is 47.8 Å². The van der Waals surface area contributed by atoms with Gasteiger partial charge in [0.1, 0.15) is 17.2 Å². The van der Waals surface area contributed by atoms with E-state index in [1.807, 2.05) is 60.0 Å². The first-order valence-electron chi connectivity index (χ1n) is 10.8. The molecule has 1 N–H and O–H groups in total. The summed E-state index contributed by atoms with van der Waals surface area (Å²) >= 11 is 1.30. The lowest BCUT2D eigenvalue weighted by molar-refractivity contribution is -0.113. The fourth-order valence-electron chi connectivity index (χ4n) is 3.42.